The minimum Gasteiger partial charge on any atom is -0.385 e. The molecule has 0 saturated carbocycles. The fourth-order valence-corrected chi connectivity index (χ4v) is 4.25. The van der Waals surface area contributed by atoms with Gasteiger partial charge in [0.25, 0.3) is 0 Å². The molecule has 6 nitrogen and oxygen atoms in total. The average Bonchev–Trinajstić information content (AvgIpc) is 3.03. The monoisotopic (exact) mass is 348 g/mol. The second kappa shape index (κ2) is 8.32. The summed E-state index contributed by atoms with van der Waals surface area (Å²) in [6.45, 7) is 5.95. The lowest BCUT2D eigenvalue weighted by molar-refractivity contribution is -0.139. The lowest BCUT2D eigenvalue weighted by atomic mass is 9.72. The number of hydrogen-bond acceptors (Lipinski definition) is 4. The van der Waals surface area contributed by atoms with Gasteiger partial charge in [0.1, 0.15) is 0 Å². The predicted molar refractivity (Wildman–Crippen MR) is 97.3 cm³/mol. The standard InChI is InChI=1S/C19H32N4O2/c1-21-15-17(14-20-21)5-10-22-11-7-19(8-12-22)6-4-18(24)23(16-19)9-3-13-25-2/h14-15H,3-13,16H2,1-2H3. The highest BCUT2D eigenvalue weighted by Gasteiger charge is 2.40. The van der Waals surface area contributed by atoms with Gasteiger partial charge in [-0.25, -0.2) is 0 Å². The summed E-state index contributed by atoms with van der Waals surface area (Å²) in [5, 5.41) is 4.25. The van der Waals surface area contributed by atoms with Crippen LogP contribution in [0.5, 0.6) is 0 Å². The zero-order valence-corrected chi connectivity index (χ0v) is 15.7. The van der Waals surface area contributed by atoms with Crippen LogP contribution in [0.15, 0.2) is 12.4 Å². The molecule has 1 amide bonds. The molecule has 0 unspecified atom stereocenters. The van der Waals surface area contributed by atoms with E-state index in [-0.39, 0.29) is 0 Å². The number of rotatable bonds is 7. The number of aromatic nitrogens is 2. The molecule has 0 N–H and O–H groups in total. The van der Waals surface area contributed by atoms with E-state index in [2.05, 4.69) is 21.1 Å². The van der Waals surface area contributed by atoms with Crippen LogP contribution in [0.1, 0.15) is 37.7 Å². The Morgan fingerprint density at radius 2 is 2.04 bits per heavy atom. The quantitative estimate of drug-likeness (QED) is 0.704. The SMILES string of the molecule is COCCCN1CC2(CCC1=O)CCN(CCc1cnn(C)c1)CC2. The number of amides is 1. The zero-order valence-electron chi connectivity index (χ0n) is 15.7. The summed E-state index contributed by atoms with van der Waals surface area (Å²) in [5.74, 6) is 0.334. The van der Waals surface area contributed by atoms with Crippen LogP contribution in [0.3, 0.4) is 0 Å². The van der Waals surface area contributed by atoms with Crippen molar-refractivity contribution in [1.29, 1.82) is 0 Å². The molecule has 3 heterocycles. The van der Waals surface area contributed by atoms with E-state index >= 15 is 0 Å². The summed E-state index contributed by atoms with van der Waals surface area (Å²) in [7, 11) is 3.69. The Balaban J connectivity index is 1.46. The van der Waals surface area contributed by atoms with Gasteiger partial charge in [-0.3, -0.25) is 9.48 Å². The number of likely N-dealkylation sites (tertiary alicyclic amines) is 2. The number of nitrogens with zero attached hydrogens (tertiary/aromatic N) is 4. The Labute approximate surface area is 151 Å². The topological polar surface area (TPSA) is 50.6 Å². The van der Waals surface area contributed by atoms with Crippen LogP contribution in [0.2, 0.25) is 0 Å². The number of methoxy groups -OCH3 is 1. The molecule has 0 atom stereocenters. The molecular weight excluding hydrogens is 316 g/mol. The molecule has 0 aromatic carbocycles. The second-order valence-corrected chi connectivity index (χ2v) is 7.78. The smallest absolute Gasteiger partial charge is 0.222 e. The highest BCUT2D eigenvalue weighted by Crippen LogP contribution is 2.40. The van der Waals surface area contributed by atoms with Gasteiger partial charge in [0.2, 0.25) is 5.91 Å². The molecule has 6 heteroatoms. The van der Waals surface area contributed by atoms with Gasteiger partial charge < -0.3 is 14.5 Å². The van der Waals surface area contributed by atoms with E-state index in [0.717, 1.165) is 65.0 Å². The molecule has 0 bridgehead atoms. The maximum atomic E-state index is 12.2. The number of piperidine rings is 2. The minimum atomic E-state index is 0.334. The lowest BCUT2D eigenvalue weighted by Crippen LogP contribution is -2.51. The molecule has 2 fully saturated rings. The van der Waals surface area contributed by atoms with Gasteiger partial charge in [-0.2, -0.15) is 5.10 Å². The highest BCUT2D eigenvalue weighted by molar-refractivity contribution is 5.77. The Kier molecular flexibility index (Phi) is 6.12. The summed E-state index contributed by atoms with van der Waals surface area (Å²) >= 11 is 0. The molecule has 3 rings (SSSR count). The van der Waals surface area contributed by atoms with Gasteiger partial charge in [0, 0.05) is 53.0 Å². The van der Waals surface area contributed by atoms with E-state index in [1.165, 1.54) is 18.4 Å². The second-order valence-electron chi connectivity index (χ2n) is 7.78. The molecule has 1 spiro atoms. The molecule has 0 radical (unpaired) electrons. The van der Waals surface area contributed by atoms with Crippen LogP contribution in [0.25, 0.3) is 0 Å². The number of ether oxygens (including phenoxy) is 1. The van der Waals surface area contributed by atoms with Crippen molar-refractivity contribution in [2.75, 3.05) is 46.4 Å². The number of aryl methyl sites for hydroxylation is 1. The third kappa shape index (κ3) is 4.82. The van der Waals surface area contributed by atoms with Crippen molar-refractivity contribution in [2.24, 2.45) is 12.5 Å². The lowest BCUT2D eigenvalue weighted by Gasteiger charge is -2.47. The van der Waals surface area contributed by atoms with Gasteiger partial charge in [-0.15, -0.1) is 0 Å². The Hall–Kier alpha value is -1.40. The average molecular weight is 348 g/mol. The Morgan fingerprint density at radius 3 is 2.72 bits per heavy atom. The molecule has 0 aliphatic carbocycles. The van der Waals surface area contributed by atoms with Gasteiger partial charge in [0.05, 0.1) is 6.20 Å². The number of carbonyl (C=O) groups is 1. The van der Waals surface area contributed by atoms with Crippen molar-refractivity contribution in [1.82, 2.24) is 19.6 Å². The molecule has 1 aromatic heterocycles. The van der Waals surface area contributed by atoms with Gasteiger partial charge in [0.15, 0.2) is 0 Å². The van der Waals surface area contributed by atoms with Crippen LogP contribution in [0.4, 0.5) is 0 Å². The normalized spacial score (nSPS) is 21.2. The fourth-order valence-electron chi connectivity index (χ4n) is 4.25. The molecule has 1 aromatic rings. The number of carbonyl (C=O) groups excluding carboxylic acids is 1. The number of hydrogen-bond donors (Lipinski definition) is 0. The third-order valence-electron chi connectivity index (χ3n) is 5.92. The summed E-state index contributed by atoms with van der Waals surface area (Å²) in [6.07, 6.45) is 10.3. The van der Waals surface area contributed by atoms with Crippen molar-refractivity contribution >= 4 is 5.91 Å². The predicted octanol–water partition coefficient (Wildman–Crippen LogP) is 1.70. The first-order valence-corrected chi connectivity index (χ1v) is 9.57. The third-order valence-corrected chi connectivity index (χ3v) is 5.92. The summed E-state index contributed by atoms with van der Waals surface area (Å²) in [4.78, 5) is 16.9. The molecular formula is C19H32N4O2. The van der Waals surface area contributed by atoms with Crippen LogP contribution in [0, 0.1) is 5.41 Å². The van der Waals surface area contributed by atoms with Gasteiger partial charge in [-0.1, -0.05) is 0 Å². The first-order valence-electron chi connectivity index (χ1n) is 9.57. The molecule has 2 saturated heterocycles. The summed E-state index contributed by atoms with van der Waals surface area (Å²) in [6, 6.07) is 0. The molecule has 2 aliphatic heterocycles. The van der Waals surface area contributed by atoms with E-state index in [4.69, 9.17) is 4.74 Å². The van der Waals surface area contributed by atoms with Crippen molar-refractivity contribution in [2.45, 2.75) is 38.5 Å². The summed E-state index contributed by atoms with van der Waals surface area (Å²) < 4.78 is 7.01. The molecule has 2 aliphatic rings. The highest BCUT2D eigenvalue weighted by atomic mass is 16.5. The largest absolute Gasteiger partial charge is 0.385 e. The maximum Gasteiger partial charge on any atom is 0.222 e. The van der Waals surface area contributed by atoms with Crippen molar-refractivity contribution in [3.8, 4) is 0 Å². The van der Waals surface area contributed by atoms with Crippen LogP contribution >= 0.6 is 0 Å². The molecule has 140 valence electrons. The van der Waals surface area contributed by atoms with Crippen LogP contribution in [-0.2, 0) is 23.0 Å². The van der Waals surface area contributed by atoms with Crippen molar-refractivity contribution < 1.29 is 9.53 Å². The van der Waals surface area contributed by atoms with Crippen LogP contribution in [-0.4, -0.2) is 71.9 Å². The van der Waals surface area contributed by atoms with E-state index in [9.17, 15) is 4.79 Å². The van der Waals surface area contributed by atoms with E-state index in [1.54, 1.807) is 7.11 Å². The van der Waals surface area contributed by atoms with Crippen molar-refractivity contribution in [3.63, 3.8) is 0 Å². The van der Waals surface area contributed by atoms with E-state index in [1.807, 2.05) is 17.9 Å². The Bertz CT molecular complexity index is 564. The minimum absolute atomic E-state index is 0.334. The maximum absolute atomic E-state index is 12.2. The van der Waals surface area contributed by atoms with E-state index in [0.29, 0.717) is 11.3 Å². The zero-order chi connectivity index (χ0) is 17.7. The Morgan fingerprint density at radius 1 is 1.24 bits per heavy atom. The van der Waals surface area contributed by atoms with E-state index < -0.39 is 0 Å². The fraction of sp³-hybridized carbons (Fsp3) is 0.789. The van der Waals surface area contributed by atoms with Crippen molar-refractivity contribution in [3.05, 3.63) is 18.0 Å². The van der Waals surface area contributed by atoms with Crippen LogP contribution < -0.4 is 0 Å². The first-order chi connectivity index (χ1) is 12.1. The first kappa shape index (κ1) is 18.4. The van der Waals surface area contributed by atoms with Gasteiger partial charge in [-0.05, 0) is 56.2 Å². The molecule has 25 heavy (non-hydrogen) atoms. The van der Waals surface area contributed by atoms with Gasteiger partial charge >= 0.3 is 0 Å². The summed E-state index contributed by atoms with van der Waals surface area (Å²) in [5.41, 5.74) is 1.67.